The number of ether oxygens (including phenoxy) is 1. The minimum atomic E-state index is -0.761. The van der Waals surface area contributed by atoms with Crippen molar-refractivity contribution in [2.24, 2.45) is 5.92 Å². The predicted octanol–water partition coefficient (Wildman–Crippen LogP) is 1.92. The zero-order chi connectivity index (χ0) is 14.8. The van der Waals surface area contributed by atoms with Crippen LogP contribution in [0.4, 0.5) is 0 Å². The van der Waals surface area contributed by atoms with Crippen molar-refractivity contribution < 1.29 is 19.4 Å². The third-order valence-electron chi connectivity index (χ3n) is 4.40. The number of nitrogens with one attached hydrogen (secondary N) is 1. The number of carboxylic acids is 1. The Morgan fingerprint density at radius 1 is 1.19 bits per heavy atom. The van der Waals surface area contributed by atoms with Gasteiger partial charge in [-0.2, -0.15) is 0 Å². The lowest BCUT2D eigenvalue weighted by atomic mass is 9.92. The number of benzene rings is 1. The van der Waals surface area contributed by atoms with Crippen LogP contribution in [-0.4, -0.2) is 29.6 Å². The van der Waals surface area contributed by atoms with Crippen LogP contribution in [0.5, 0.6) is 5.75 Å². The number of rotatable bonds is 3. The largest absolute Gasteiger partial charge is 0.493 e. The molecule has 0 radical (unpaired) electrons. The van der Waals surface area contributed by atoms with Crippen LogP contribution in [0.25, 0.3) is 0 Å². The highest BCUT2D eigenvalue weighted by Gasteiger charge is 2.33. The number of amides is 1. The van der Waals surface area contributed by atoms with E-state index in [1.54, 1.807) is 0 Å². The first-order valence-electron chi connectivity index (χ1n) is 7.40. The van der Waals surface area contributed by atoms with E-state index in [1.807, 2.05) is 24.3 Å². The molecular formula is C16H19NO4. The molecule has 1 saturated carbocycles. The lowest BCUT2D eigenvalue weighted by molar-refractivity contribution is -0.141. The van der Waals surface area contributed by atoms with Crippen LogP contribution in [0.15, 0.2) is 24.3 Å². The van der Waals surface area contributed by atoms with Crippen molar-refractivity contribution in [1.29, 1.82) is 0 Å². The van der Waals surface area contributed by atoms with Gasteiger partial charge in [0.05, 0.1) is 18.4 Å². The number of hydrogen-bond donors (Lipinski definition) is 2. The van der Waals surface area contributed by atoms with Crippen LogP contribution in [-0.2, 0) is 9.59 Å². The normalized spacial score (nSPS) is 27.5. The van der Waals surface area contributed by atoms with Crippen molar-refractivity contribution in [3.05, 3.63) is 29.8 Å². The molecule has 2 N–H and O–H groups in total. The van der Waals surface area contributed by atoms with E-state index >= 15 is 0 Å². The third kappa shape index (κ3) is 2.86. The summed E-state index contributed by atoms with van der Waals surface area (Å²) in [6.45, 7) is 0.539. The summed E-state index contributed by atoms with van der Waals surface area (Å²) in [5, 5.41) is 12.0. The molecule has 1 amide bonds. The lowest BCUT2D eigenvalue weighted by Gasteiger charge is -2.26. The van der Waals surface area contributed by atoms with Gasteiger partial charge >= 0.3 is 5.97 Å². The molecule has 21 heavy (non-hydrogen) atoms. The van der Waals surface area contributed by atoms with Gasteiger partial charge < -0.3 is 15.2 Å². The first kappa shape index (κ1) is 13.9. The number of carbonyl (C=O) groups is 2. The van der Waals surface area contributed by atoms with Crippen molar-refractivity contribution in [3.63, 3.8) is 0 Å². The number of para-hydroxylation sites is 1. The van der Waals surface area contributed by atoms with Crippen LogP contribution in [0, 0.1) is 5.92 Å². The van der Waals surface area contributed by atoms with Gasteiger partial charge in [-0.1, -0.05) is 18.2 Å². The Balaban J connectivity index is 1.66. The summed E-state index contributed by atoms with van der Waals surface area (Å²) in [5.41, 5.74) is 0.925. The van der Waals surface area contributed by atoms with Gasteiger partial charge in [-0.25, -0.2) is 0 Å². The molecule has 0 spiro atoms. The first-order chi connectivity index (χ1) is 10.1. The third-order valence-corrected chi connectivity index (χ3v) is 4.40. The summed E-state index contributed by atoms with van der Waals surface area (Å²) in [4.78, 5) is 23.4. The second kappa shape index (κ2) is 5.76. The molecule has 112 valence electrons. The van der Waals surface area contributed by atoms with Crippen LogP contribution in [0.2, 0.25) is 0 Å². The van der Waals surface area contributed by atoms with Crippen LogP contribution in [0.3, 0.4) is 0 Å². The second-order valence-electron chi connectivity index (χ2n) is 5.78. The number of hydrogen-bond acceptors (Lipinski definition) is 3. The smallest absolute Gasteiger partial charge is 0.306 e. The van der Waals surface area contributed by atoms with Crippen LogP contribution < -0.4 is 10.1 Å². The van der Waals surface area contributed by atoms with Gasteiger partial charge in [0, 0.05) is 11.6 Å². The average Bonchev–Trinajstić information content (AvgIpc) is 2.95. The van der Waals surface area contributed by atoms with Gasteiger partial charge in [0.25, 0.3) is 0 Å². The number of carbonyl (C=O) groups excluding carboxylic acids is 1. The van der Waals surface area contributed by atoms with E-state index < -0.39 is 5.97 Å². The summed E-state index contributed by atoms with van der Waals surface area (Å²) in [7, 11) is 0. The molecule has 1 fully saturated rings. The Hall–Kier alpha value is -2.04. The van der Waals surface area contributed by atoms with E-state index in [0.717, 1.165) is 17.7 Å². The first-order valence-corrected chi connectivity index (χ1v) is 7.40. The summed E-state index contributed by atoms with van der Waals surface area (Å²) in [6.07, 6.45) is 2.59. The van der Waals surface area contributed by atoms with Gasteiger partial charge in [-0.15, -0.1) is 0 Å². The summed E-state index contributed by atoms with van der Waals surface area (Å²) in [5.74, 6) is -0.514. The van der Waals surface area contributed by atoms with Crippen molar-refractivity contribution in [3.8, 4) is 5.75 Å². The Labute approximate surface area is 123 Å². The van der Waals surface area contributed by atoms with Crippen LogP contribution in [0.1, 0.15) is 37.2 Å². The highest BCUT2D eigenvalue weighted by molar-refractivity contribution is 5.85. The van der Waals surface area contributed by atoms with Gasteiger partial charge in [-0.3, -0.25) is 9.59 Å². The maximum absolute atomic E-state index is 12.5. The molecule has 0 aromatic heterocycles. The molecule has 2 aliphatic rings. The molecule has 3 rings (SSSR count). The SMILES string of the molecule is O=C(O)C1CCC(NC(=O)C2CCOc3ccccc32)C1. The standard InChI is InChI=1S/C16H19NO4/c18-15(17-11-6-5-10(9-11)16(19)20)13-7-8-21-14-4-2-1-3-12(13)14/h1-4,10-11,13H,5-9H2,(H,17,18)(H,19,20). The van der Waals surface area contributed by atoms with Crippen LogP contribution >= 0.6 is 0 Å². The van der Waals surface area contributed by atoms with E-state index in [0.29, 0.717) is 25.9 Å². The quantitative estimate of drug-likeness (QED) is 0.891. The van der Waals surface area contributed by atoms with Gasteiger partial charge in [0.15, 0.2) is 0 Å². The molecule has 1 aromatic rings. The van der Waals surface area contributed by atoms with E-state index in [1.165, 1.54) is 0 Å². The lowest BCUT2D eigenvalue weighted by Crippen LogP contribution is -2.38. The van der Waals surface area contributed by atoms with Gasteiger partial charge in [0.1, 0.15) is 5.75 Å². The molecule has 1 aliphatic heterocycles. The van der Waals surface area contributed by atoms with E-state index in [2.05, 4.69) is 5.32 Å². The molecule has 0 saturated heterocycles. The Morgan fingerprint density at radius 3 is 2.76 bits per heavy atom. The zero-order valence-electron chi connectivity index (χ0n) is 11.7. The molecule has 1 aliphatic carbocycles. The minimum Gasteiger partial charge on any atom is -0.493 e. The molecule has 5 heteroatoms. The van der Waals surface area contributed by atoms with Crippen molar-refractivity contribution in [2.75, 3.05) is 6.61 Å². The molecular weight excluding hydrogens is 270 g/mol. The number of carboxylic acid groups (broad SMARTS) is 1. The number of aliphatic carboxylic acids is 1. The Kier molecular flexibility index (Phi) is 3.82. The molecule has 3 atom stereocenters. The van der Waals surface area contributed by atoms with Crippen molar-refractivity contribution in [2.45, 2.75) is 37.6 Å². The molecule has 1 heterocycles. The summed E-state index contributed by atoms with van der Waals surface area (Å²) < 4.78 is 5.56. The van der Waals surface area contributed by atoms with E-state index in [4.69, 9.17) is 9.84 Å². The Morgan fingerprint density at radius 2 is 2.00 bits per heavy atom. The fraction of sp³-hybridized carbons (Fsp3) is 0.500. The van der Waals surface area contributed by atoms with Crippen molar-refractivity contribution in [1.82, 2.24) is 5.32 Å². The second-order valence-corrected chi connectivity index (χ2v) is 5.78. The number of fused-ring (bicyclic) bond motifs is 1. The average molecular weight is 289 g/mol. The fourth-order valence-corrected chi connectivity index (χ4v) is 3.25. The van der Waals surface area contributed by atoms with E-state index in [9.17, 15) is 9.59 Å². The zero-order valence-corrected chi connectivity index (χ0v) is 11.7. The predicted molar refractivity (Wildman–Crippen MR) is 76.2 cm³/mol. The molecule has 5 nitrogen and oxygen atoms in total. The molecule has 0 bridgehead atoms. The summed E-state index contributed by atoms with van der Waals surface area (Å²) in [6, 6.07) is 7.59. The highest BCUT2D eigenvalue weighted by atomic mass is 16.5. The van der Waals surface area contributed by atoms with E-state index in [-0.39, 0.29) is 23.8 Å². The maximum Gasteiger partial charge on any atom is 0.306 e. The van der Waals surface area contributed by atoms with Crippen molar-refractivity contribution >= 4 is 11.9 Å². The maximum atomic E-state index is 12.5. The summed E-state index contributed by atoms with van der Waals surface area (Å²) >= 11 is 0. The minimum absolute atomic E-state index is 0.0122. The molecule has 1 aromatic carbocycles. The van der Waals surface area contributed by atoms with Gasteiger partial charge in [0.2, 0.25) is 5.91 Å². The van der Waals surface area contributed by atoms with Gasteiger partial charge in [-0.05, 0) is 31.7 Å². The topological polar surface area (TPSA) is 75.6 Å². The Bertz CT molecular complexity index is 557. The fourth-order valence-electron chi connectivity index (χ4n) is 3.25. The highest BCUT2D eigenvalue weighted by Crippen LogP contribution is 2.34. The molecule has 3 unspecified atom stereocenters. The monoisotopic (exact) mass is 289 g/mol.